The highest BCUT2D eigenvalue weighted by Gasteiger charge is 2.54. The number of hydrogen-bond donors (Lipinski definition) is 1. The number of carbonyl (C=O) groups excluding carboxylic acids is 1. The van der Waals surface area contributed by atoms with Gasteiger partial charge in [-0.3, -0.25) is 14.6 Å². The molecule has 4 nitrogen and oxygen atoms in total. The van der Waals surface area contributed by atoms with E-state index in [0.29, 0.717) is 5.91 Å². The van der Waals surface area contributed by atoms with E-state index in [-0.39, 0.29) is 30.2 Å². The SMILES string of the molecule is Cl.Cl.O=C(NCCN1CCN(Cc2ccccc2)CC1)C12CC3CC(CC(C3)C1)C2. The number of amides is 1. The second-order valence-corrected chi connectivity index (χ2v) is 10.1. The summed E-state index contributed by atoms with van der Waals surface area (Å²) in [5, 5.41) is 3.34. The minimum absolute atomic E-state index is 0. The largest absolute Gasteiger partial charge is 0.354 e. The Balaban J connectivity index is 0.00000128. The smallest absolute Gasteiger partial charge is 0.226 e. The van der Waals surface area contributed by atoms with Gasteiger partial charge in [0.2, 0.25) is 5.91 Å². The number of hydrogen-bond acceptors (Lipinski definition) is 3. The number of piperazine rings is 1. The Labute approximate surface area is 194 Å². The predicted molar refractivity (Wildman–Crippen MR) is 126 cm³/mol. The van der Waals surface area contributed by atoms with Crippen molar-refractivity contribution in [2.75, 3.05) is 39.3 Å². The standard InChI is InChI=1S/C24H35N3O.2ClH/c28-23(24-15-20-12-21(16-24)14-22(13-20)17-24)25-6-7-26-8-10-27(11-9-26)18-19-4-2-1-3-5-19;;/h1-5,20-22H,6-18H2,(H,25,28);2*1H. The van der Waals surface area contributed by atoms with Crippen LogP contribution < -0.4 is 5.32 Å². The van der Waals surface area contributed by atoms with E-state index in [1.54, 1.807) is 0 Å². The highest BCUT2D eigenvalue weighted by molar-refractivity contribution is 5.85. The van der Waals surface area contributed by atoms with Gasteiger partial charge in [-0.25, -0.2) is 0 Å². The third-order valence-corrected chi connectivity index (χ3v) is 7.95. The normalized spacial score (nSPS) is 32.9. The van der Waals surface area contributed by atoms with Crippen molar-refractivity contribution in [3.05, 3.63) is 35.9 Å². The number of nitrogens with zero attached hydrogens (tertiary/aromatic N) is 2. The Bertz CT molecular complexity index is 656. The van der Waals surface area contributed by atoms with Crippen molar-refractivity contribution in [1.29, 1.82) is 0 Å². The maximum Gasteiger partial charge on any atom is 0.226 e. The minimum atomic E-state index is 0. The Morgan fingerprint density at radius 2 is 1.40 bits per heavy atom. The van der Waals surface area contributed by atoms with Gasteiger partial charge in [-0.2, -0.15) is 0 Å². The summed E-state index contributed by atoms with van der Waals surface area (Å²) >= 11 is 0. The van der Waals surface area contributed by atoms with Crippen LogP contribution in [0, 0.1) is 23.2 Å². The van der Waals surface area contributed by atoms with Crippen molar-refractivity contribution in [2.24, 2.45) is 23.2 Å². The molecule has 5 aliphatic rings. The second kappa shape index (κ2) is 10.2. The topological polar surface area (TPSA) is 35.6 Å². The van der Waals surface area contributed by atoms with Crippen LogP contribution in [-0.2, 0) is 11.3 Å². The molecule has 0 spiro atoms. The van der Waals surface area contributed by atoms with Gasteiger partial charge >= 0.3 is 0 Å². The first-order valence-electron chi connectivity index (χ1n) is 11.5. The van der Waals surface area contributed by atoms with Gasteiger partial charge < -0.3 is 5.32 Å². The Kier molecular flexibility index (Phi) is 8.11. The first-order chi connectivity index (χ1) is 13.7. The van der Waals surface area contributed by atoms with E-state index in [4.69, 9.17) is 0 Å². The summed E-state index contributed by atoms with van der Waals surface area (Å²) in [6, 6.07) is 10.8. The van der Waals surface area contributed by atoms with E-state index in [0.717, 1.165) is 63.6 Å². The van der Waals surface area contributed by atoms with Crippen molar-refractivity contribution >= 4 is 30.7 Å². The van der Waals surface area contributed by atoms with Crippen molar-refractivity contribution < 1.29 is 4.79 Å². The quantitative estimate of drug-likeness (QED) is 0.707. The fourth-order valence-electron chi connectivity index (χ4n) is 6.92. The van der Waals surface area contributed by atoms with E-state index in [1.807, 2.05) is 0 Å². The molecular formula is C24H37Cl2N3O. The molecule has 1 aliphatic heterocycles. The molecule has 168 valence electrons. The van der Waals surface area contributed by atoms with Gasteiger partial charge in [-0.15, -0.1) is 24.8 Å². The van der Waals surface area contributed by atoms with E-state index in [9.17, 15) is 4.79 Å². The summed E-state index contributed by atoms with van der Waals surface area (Å²) in [6.45, 7) is 7.34. The summed E-state index contributed by atoms with van der Waals surface area (Å²) in [5.41, 5.74) is 1.40. The van der Waals surface area contributed by atoms with Gasteiger partial charge in [0.25, 0.3) is 0 Å². The van der Waals surface area contributed by atoms with Crippen LogP contribution in [0.1, 0.15) is 44.1 Å². The molecule has 30 heavy (non-hydrogen) atoms. The molecule has 6 rings (SSSR count). The lowest BCUT2D eigenvalue weighted by Gasteiger charge is -2.55. The zero-order valence-corrected chi connectivity index (χ0v) is 19.6. The Morgan fingerprint density at radius 1 is 0.867 bits per heavy atom. The summed E-state index contributed by atoms with van der Waals surface area (Å²) in [5.74, 6) is 2.91. The monoisotopic (exact) mass is 453 g/mol. The number of halogens is 2. The van der Waals surface area contributed by atoms with E-state index in [1.165, 1.54) is 44.1 Å². The van der Waals surface area contributed by atoms with Crippen molar-refractivity contribution in [1.82, 2.24) is 15.1 Å². The number of nitrogens with one attached hydrogen (secondary N) is 1. The molecule has 5 fully saturated rings. The maximum absolute atomic E-state index is 13.1. The van der Waals surface area contributed by atoms with Gasteiger partial charge in [-0.1, -0.05) is 30.3 Å². The minimum Gasteiger partial charge on any atom is -0.354 e. The predicted octanol–water partition coefficient (Wildman–Crippen LogP) is 3.98. The summed E-state index contributed by atoms with van der Waals surface area (Å²) in [4.78, 5) is 18.1. The fraction of sp³-hybridized carbons (Fsp3) is 0.708. The first-order valence-corrected chi connectivity index (χ1v) is 11.5. The number of rotatable bonds is 6. The van der Waals surface area contributed by atoms with Gasteiger partial charge in [-0.05, 0) is 61.8 Å². The highest BCUT2D eigenvalue weighted by Crippen LogP contribution is 2.60. The molecule has 0 atom stereocenters. The molecule has 1 heterocycles. The molecule has 1 aromatic rings. The average molecular weight is 454 g/mol. The lowest BCUT2D eigenvalue weighted by molar-refractivity contribution is -0.146. The zero-order valence-electron chi connectivity index (χ0n) is 17.9. The summed E-state index contributed by atoms with van der Waals surface area (Å²) in [6.07, 6.45) is 7.72. The molecule has 4 bridgehead atoms. The van der Waals surface area contributed by atoms with Crippen LogP contribution in [0.5, 0.6) is 0 Å². The lowest BCUT2D eigenvalue weighted by Crippen LogP contribution is -2.54. The summed E-state index contributed by atoms with van der Waals surface area (Å²) < 4.78 is 0. The lowest BCUT2D eigenvalue weighted by atomic mass is 9.49. The van der Waals surface area contributed by atoms with E-state index >= 15 is 0 Å². The average Bonchev–Trinajstić information content (AvgIpc) is 2.69. The van der Waals surface area contributed by atoms with E-state index in [2.05, 4.69) is 45.4 Å². The third-order valence-electron chi connectivity index (χ3n) is 7.95. The maximum atomic E-state index is 13.1. The van der Waals surface area contributed by atoms with Crippen LogP contribution in [0.4, 0.5) is 0 Å². The Morgan fingerprint density at radius 3 is 1.97 bits per heavy atom. The van der Waals surface area contributed by atoms with Crippen LogP contribution >= 0.6 is 24.8 Å². The molecule has 1 N–H and O–H groups in total. The molecule has 4 saturated carbocycles. The molecule has 0 unspecified atom stereocenters. The second-order valence-electron chi connectivity index (χ2n) is 10.1. The van der Waals surface area contributed by atoms with Crippen molar-refractivity contribution in [2.45, 2.75) is 45.1 Å². The molecule has 1 aromatic carbocycles. The molecule has 1 saturated heterocycles. The molecule has 6 heteroatoms. The van der Waals surface area contributed by atoms with Gasteiger partial charge in [0.1, 0.15) is 0 Å². The van der Waals surface area contributed by atoms with E-state index < -0.39 is 0 Å². The molecular weight excluding hydrogens is 417 g/mol. The van der Waals surface area contributed by atoms with Crippen molar-refractivity contribution in [3.63, 3.8) is 0 Å². The fourth-order valence-corrected chi connectivity index (χ4v) is 6.92. The van der Waals surface area contributed by atoms with Crippen LogP contribution in [0.3, 0.4) is 0 Å². The zero-order chi connectivity index (χ0) is 19.0. The van der Waals surface area contributed by atoms with Crippen LogP contribution in [-0.4, -0.2) is 55.0 Å². The van der Waals surface area contributed by atoms with Crippen LogP contribution in [0.2, 0.25) is 0 Å². The molecule has 4 aliphatic carbocycles. The van der Waals surface area contributed by atoms with Crippen LogP contribution in [0.25, 0.3) is 0 Å². The van der Waals surface area contributed by atoms with Gasteiger partial charge in [0.05, 0.1) is 0 Å². The first kappa shape index (κ1) is 23.8. The highest BCUT2D eigenvalue weighted by atomic mass is 35.5. The number of benzene rings is 1. The summed E-state index contributed by atoms with van der Waals surface area (Å²) in [7, 11) is 0. The van der Waals surface area contributed by atoms with Crippen molar-refractivity contribution in [3.8, 4) is 0 Å². The Hall–Kier alpha value is -0.810. The van der Waals surface area contributed by atoms with Gasteiger partial charge in [0.15, 0.2) is 0 Å². The molecule has 0 aromatic heterocycles. The van der Waals surface area contributed by atoms with Crippen LogP contribution in [0.15, 0.2) is 30.3 Å². The van der Waals surface area contributed by atoms with Gasteiger partial charge in [0, 0.05) is 51.2 Å². The third kappa shape index (κ3) is 5.15. The number of carbonyl (C=O) groups is 1. The molecule has 1 amide bonds. The molecule has 0 radical (unpaired) electrons.